The van der Waals surface area contributed by atoms with Crippen LogP contribution in [0, 0.1) is 0 Å². The van der Waals surface area contributed by atoms with Crippen molar-refractivity contribution in [3.8, 4) is 0 Å². The van der Waals surface area contributed by atoms with Gasteiger partial charge >= 0.3 is 0 Å². The van der Waals surface area contributed by atoms with Gasteiger partial charge in [-0.2, -0.15) is 0 Å². The van der Waals surface area contributed by atoms with E-state index >= 15 is 0 Å². The number of aromatic amines is 1. The molecule has 3 N–H and O–H groups in total. The Morgan fingerprint density at radius 1 is 1.26 bits per heavy atom. The first-order valence-corrected chi connectivity index (χ1v) is 6.30. The van der Waals surface area contributed by atoms with Crippen molar-refractivity contribution < 1.29 is 0 Å². The Bertz CT molecular complexity index is 741. The fourth-order valence-corrected chi connectivity index (χ4v) is 2.52. The number of anilines is 2. The monoisotopic (exact) mass is 254 g/mol. The lowest BCUT2D eigenvalue weighted by Gasteiger charge is -2.27. The molecule has 0 saturated heterocycles. The first-order chi connectivity index (χ1) is 9.29. The van der Waals surface area contributed by atoms with E-state index in [1.807, 2.05) is 30.6 Å². The summed E-state index contributed by atoms with van der Waals surface area (Å²) < 4.78 is 2.18. The van der Waals surface area contributed by atoms with E-state index in [1.54, 1.807) is 0 Å². The van der Waals surface area contributed by atoms with Crippen LogP contribution >= 0.6 is 0 Å². The molecule has 0 saturated carbocycles. The molecule has 4 rings (SSSR count). The molecule has 6 nitrogen and oxygen atoms in total. The topological polar surface area (TPSA) is 75.8 Å². The maximum absolute atomic E-state index is 5.79. The molecule has 1 aliphatic heterocycles. The molecular weight excluding hydrogens is 240 g/mol. The average Bonchev–Trinajstić information content (AvgIpc) is 3.02. The predicted molar refractivity (Wildman–Crippen MR) is 73.8 cm³/mol. The minimum Gasteiger partial charge on any atom is -0.399 e. The number of nitrogens with zero attached hydrogens (tertiary/aromatic N) is 4. The van der Waals surface area contributed by atoms with E-state index in [0.29, 0.717) is 0 Å². The zero-order valence-electron chi connectivity index (χ0n) is 10.4. The largest absolute Gasteiger partial charge is 0.399 e. The molecule has 0 bridgehead atoms. The van der Waals surface area contributed by atoms with E-state index in [0.717, 1.165) is 48.1 Å². The van der Waals surface area contributed by atoms with Crippen LogP contribution in [0.4, 0.5) is 11.6 Å². The highest BCUT2D eigenvalue weighted by Gasteiger charge is 2.19. The molecule has 19 heavy (non-hydrogen) atoms. The van der Waals surface area contributed by atoms with Crippen LogP contribution < -0.4 is 10.6 Å². The molecule has 3 aromatic rings. The SMILES string of the molecule is Nc1ccc2nc(N3CCn4ccnc4C3)[nH]c2c1. The zero-order chi connectivity index (χ0) is 12.8. The average molecular weight is 254 g/mol. The predicted octanol–water partition coefficient (Wildman–Crippen LogP) is 1.36. The maximum Gasteiger partial charge on any atom is 0.204 e. The summed E-state index contributed by atoms with van der Waals surface area (Å²) in [5, 5.41) is 0. The fourth-order valence-electron chi connectivity index (χ4n) is 2.52. The lowest BCUT2D eigenvalue weighted by molar-refractivity contribution is 0.553. The summed E-state index contributed by atoms with van der Waals surface area (Å²) in [5.74, 6) is 1.96. The number of hydrogen-bond donors (Lipinski definition) is 2. The Hall–Kier alpha value is -2.50. The number of nitrogens with one attached hydrogen (secondary N) is 1. The molecule has 0 radical (unpaired) electrons. The second-order valence-corrected chi connectivity index (χ2v) is 4.80. The number of aromatic nitrogens is 4. The summed E-state index contributed by atoms with van der Waals surface area (Å²) in [7, 11) is 0. The van der Waals surface area contributed by atoms with Crippen molar-refractivity contribution in [3.63, 3.8) is 0 Å². The van der Waals surface area contributed by atoms with Gasteiger partial charge in [0.05, 0.1) is 17.6 Å². The molecule has 2 aromatic heterocycles. The minimum atomic E-state index is 0.747. The summed E-state index contributed by atoms with van der Waals surface area (Å²) in [4.78, 5) is 14.5. The van der Waals surface area contributed by atoms with Gasteiger partial charge in [0.2, 0.25) is 5.95 Å². The summed E-state index contributed by atoms with van der Waals surface area (Å²) in [6, 6.07) is 5.72. The van der Waals surface area contributed by atoms with Crippen LogP contribution in [0.5, 0.6) is 0 Å². The third kappa shape index (κ3) is 1.64. The molecule has 0 atom stereocenters. The van der Waals surface area contributed by atoms with Gasteiger partial charge < -0.3 is 20.2 Å². The first-order valence-electron chi connectivity index (χ1n) is 6.30. The van der Waals surface area contributed by atoms with Crippen molar-refractivity contribution >= 4 is 22.7 Å². The van der Waals surface area contributed by atoms with Gasteiger partial charge in [0.1, 0.15) is 5.82 Å². The summed E-state index contributed by atoms with van der Waals surface area (Å²) >= 11 is 0. The third-order valence-corrected chi connectivity index (χ3v) is 3.54. The lowest BCUT2D eigenvalue weighted by Crippen LogP contribution is -2.34. The number of rotatable bonds is 1. The lowest BCUT2D eigenvalue weighted by atomic mass is 10.3. The number of nitrogens with two attached hydrogens (primary N) is 1. The van der Waals surface area contributed by atoms with E-state index in [2.05, 4.69) is 24.4 Å². The number of fused-ring (bicyclic) bond motifs is 2. The number of imidazole rings is 2. The van der Waals surface area contributed by atoms with Gasteiger partial charge in [0, 0.05) is 31.2 Å². The smallest absolute Gasteiger partial charge is 0.204 e. The number of nitrogen functional groups attached to an aromatic ring is 1. The third-order valence-electron chi connectivity index (χ3n) is 3.54. The standard InChI is InChI=1S/C13H14N6/c14-9-1-2-10-11(7-9)17-13(16-10)19-6-5-18-4-3-15-12(18)8-19/h1-4,7H,5-6,8,14H2,(H,16,17). The molecule has 3 heterocycles. The Balaban J connectivity index is 1.71. The zero-order valence-corrected chi connectivity index (χ0v) is 10.4. The van der Waals surface area contributed by atoms with Gasteiger partial charge in [-0.05, 0) is 18.2 Å². The van der Waals surface area contributed by atoms with Gasteiger partial charge in [-0.25, -0.2) is 9.97 Å². The highest BCUT2D eigenvalue weighted by atomic mass is 15.3. The summed E-state index contributed by atoms with van der Waals surface area (Å²) in [5.41, 5.74) is 8.45. The van der Waals surface area contributed by atoms with Crippen LogP contribution in [0.25, 0.3) is 11.0 Å². The summed E-state index contributed by atoms with van der Waals surface area (Å²) in [6.45, 7) is 2.65. The normalized spacial score (nSPS) is 14.8. The van der Waals surface area contributed by atoms with Crippen molar-refractivity contribution in [2.45, 2.75) is 13.1 Å². The van der Waals surface area contributed by atoms with E-state index in [-0.39, 0.29) is 0 Å². The highest BCUT2D eigenvalue weighted by Crippen LogP contribution is 2.22. The van der Waals surface area contributed by atoms with E-state index < -0.39 is 0 Å². The highest BCUT2D eigenvalue weighted by molar-refractivity contribution is 5.80. The van der Waals surface area contributed by atoms with Crippen molar-refractivity contribution in [3.05, 3.63) is 36.4 Å². The molecule has 0 aliphatic carbocycles. The molecule has 0 spiro atoms. The number of hydrogen-bond acceptors (Lipinski definition) is 4. The second kappa shape index (κ2) is 3.74. The van der Waals surface area contributed by atoms with Crippen LogP contribution in [0.2, 0.25) is 0 Å². The molecule has 0 fully saturated rings. The van der Waals surface area contributed by atoms with Gasteiger partial charge in [-0.1, -0.05) is 0 Å². The number of benzene rings is 1. The molecule has 1 aromatic carbocycles. The molecular formula is C13H14N6. The van der Waals surface area contributed by atoms with Crippen LogP contribution in [0.1, 0.15) is 5.82 Å². The fraction of sp³-hybridized carbons (Fsp3) is 0.231. The molecule has 0 unspecified atom stereocenters. The van der Waals surface area contributed by atoms with Gasteiger partial charge in [-0.15, -0.1) is 0 Å². The van der Waals surface area contributed by atoms with Crippen LogP contribution in [0.3, 0.4) is 0 Å². The van der Waals surface area contributed by atoms with Gasteiger partial charge in [0.25, 0.3) is 0 Å². The molecule has 0 amide bonds. The van der Waals surface area contributed by atoms with Gasteiger partial charge in [-0.3, -0.25) is 0 Å². The molecule has 1 aliphatic rings. The first kappa shape index (κ1) is 10.4. The van der Waals surface area contributed by atoms with Crippen molar-refractivity contribution in [1.82, 2.24) is 19.5 Å². The van der Waals surface area contributed by atoms with Crippen molar-refractivity contribution in [2.75, 3.05) is 17.2 Å². The van der Waals surface area contributed by atoms with E-state index in [9.17, 15) is 0 Å². The Morgan fingerprint density at radius 2 is 2.21 bits per heavy atom. The van der Waals surface area contributed by atoms with E-state index in [1.165, 1.54) is 0 Å². The minimum absolute atomic E-state index is 0.747. The Kier molecular flexibility index (Phi) is 2.05. The maximum atomic E-state index is 5.79. The van der Waals surface area contributed by atoms with Crippen molar-refractivity contribution in [1.29, 1.82) is 0 Å². The molecule has 96 valence electrons. The Labute approximate surface area is 109 Å². The van der Waals surface area contributed by atoms with Crippen LogP contribution in [-0.2, 0) is 13.1 Å². The molecule has 6 heteroatoms. The number of H-pyrrole nitrogens is 1. The van der Waals surface area contributed by atoms with E-state index in [4.69, 9.17) is 5.73 Å². The Morgan fingerprint density at radius 3 is 3.16 bits per heavy atom. The van der Waals surface area contributed by atoms with Crippen LogP contribution in [-0.4, -0.2) is 26.1 Å². The quantitative estimate of drug-likeness (QED) is 0.643. The van der Waals surface area contributed by atoms with Gasteiger partial charge in [0.15, 0.2) is 0 Å². The summed E-state index contributed by atoms with van der Waals surface area (Å²) in [6.07, 6.45) is 3.87. The second-order valence-electron chi connectivity index (χ2n) is 4.80. The van der Waals surface area contributed by atoms with Crippen molar-refractivity contribution in [2.24, 2.45) is 0 Å². The van der Waals surface area contributed by atoms with Crippen LogP contribution in [0.15, 0.2) is 30.6 Å².